The van der Waals surface area contributed by atoms with Gasteiger partial charge in [-0.25, -0.2) is 4.79 Å². The van der Waals surface area contributed by atoms with E-state index >= 15 is 0 Å². The second-order valence-corrected chi connectivity index (χ2v) is 8.12. The summed E-state index contributed by atoms with van der Waals surface area (Å²) in [5.41, 5.74) is -0.590. The van der Waals surface area contributed by atoms with Gasteiger partial charge in [0.2, 0.25) is 0 Å². The fraction of sp³-hybridized carbons (Fsp3) is 0.333. The predicted molar refractivity (Wildman–Crippen MR) is 116 cm³/mol. The van der Waals surface area contributed by atoms with Crippen molar-refractivity contribution in [2.45, 2.75) is 44.6 Å². The first-order chi connectivity index (χ1) is 16.6. The lowest BCUT2D eigenvalue weighted by atomic mass is 9.83. The minimum Gasteiger partial charge on any atom is -0.441 e. The lowest BCUT2D eigenvalue weighted by molar-refractivity contribution is -0.189. The number of esters is 2. The Balaban J connectivity index is 1.71. The van der Waals surface area contributed by atoms with Gasteiger partial charge in [-0.15, -0.1) is 0 Å². The first-order valence-corrected chi connectivity index (χ1v) is 11.0. The van der Waals surface area contributed by atoms with Gasteiger partial charge in [0.25, 0.3) is 0 Å². The number of fused-ring (bicyclic) bond motifs is 2. The van der Waals surface area contributed by atoms with Gasteiger partial charge in [-0.05, 0) is 25.5 Å². The molecule has 1 unspecified atom stereocenters. The molecule has 0 saturated carbocycles. The number of ether oxygens (including phenoxy) is 2. The van der Waals surface area contributed by atoms with E-state index in [1.54, 1.807) is 13.0 Å². The minimum absolute atomic E-state index is 0.0144. The van der Waals surface area contributed by atoms with E-state index in [0.29, 0.717) is 13.0 Å². The first kappa shape index (κ1) is 24.4. The number of rotatable bonds is 6. The third-order valence-corrected chi connectivity index (χ3v) is 5.73. The Bertz CT molecular complexity index is 1200. The zero-order valence-corrected chi connectivity index (χ0v) is 18.5. The maximum atomic E-state index is 13.1. The monoisotopic (exact) mass is 490 g/mol. The van der Waals surface area contributed by atoms with E-state index in [1.807, 2.05) is 0 Å². The number of ketones is 2. The Morgan fingerprint density at radius 1 is 1.11 bits per heavy atom. The number of carbonyl (C=O) groups excluding carboxylic acids is 4. The van der Waals surface area contributed by atoms with Gasteiger partial charge in [0, 0.05) is 34.9 Å². The van der Waals surface area contributed by atoms with Crippen molar-refractivity contribution in [1.29, 1.82) is 0 Å². The van der Waals surface area contributed by atoms with Crippen LogP contribution in [0.2, 0.25) is 0 Å². The molecule has 0 spiro atoms. The van der Waals surface area contributed by atoms with Crippen LogP contribution in [0.3, 0.4) is 0 Å². The fourth-order valence-corrected chi connectivity index (χ4v) is 4.02. The van der Waals surface area contributed by atoms with Crippen molar-refractivity contribution in [1.82, 2.24) is 5.32 Å². The highest BCUT2D eigenvalue weighted by Crippen LogP contribution is 2.37. The van der Waals surface area contributed by atoms with Crippen molar-refractivity contribution < 1.29 is 41.8 Å². The van der Waals surface area contributed by atoms with Gasteiger partial charge in [-0.1, -0.05) is 31.2 Å². The highest BCUT2D eigenvalue weighted by atomic mass is 19.4. The Kier molecular flexibility index (Phi) is 6.62. The molecular formula is C24H21F3N2O6. The number of hydrogen-bond donors (Lipinski definition) is 2. The topological polar surface area (TPSA) is 111 Å². The molecule has 2 atom stereocenters. The van der Waals surface area contributed by atoms with Gasteiger partial charge in [0.1, 0.15) is 11.8 Å². The van der Waals surface area contributed by atoms with Gasteiger partial charge >= 0.3 is 18.1 Å². The molecule has 2 aromatic carbocycles. The van der Waals surface area contributed by atoms with E-state index in [2.05, 4.69) is 15.4 Å². The van der Waals surface area contributed by atoms with E-state index in [-0.39, 0.29) is 28.8 Å². The highest BCUT2D eigenvalue weighted by Gasteiger charge is 2.43. The fourth-order valence-electron chi connectivity index (χ4n) is 4.02. The molecule has 0 amide bonds. The van der Waals surface area contributed by atoms with E-state index in [4.69, 9.17) is 4.74 Å². The SMILES string of the molecule is CCC(Nc1cc(OC(=O)C(F)(F)F)c2c(c1)C(=O)c1ccccc1C2=O)OC(=O)[C@@H]1CCCN1. The van der Waals surface area contributed by atoms with Gasteiger partial charge in [-0.2, -0.15) is 13.2 Å². The molecule has 1 aliphatic heterocycles. The van der Waals surface area contributed by atoms with Crippen LogP contribution in [0.15, 0.2) is 36.4 Å². The number of benzene rings is 2. The summed E-state index contributed by atoms with van der Waals surface area (Å²) in [5.74, 6) is -5.13. The van der Waals surface area contributed by atoms with Crippen molar-refractivity contribution in [2.24, 2.45) is 0 Å². The molecule has 2 aromatic rings. The lowest BCUT2D eigenvalue weighted by Gasteiger charge is -2.24. The average Bonchev–Trinajstić information content (AvgIpc) is 3.36. The molecule has 1 fully saturated rings. The molecule has 0 radical (unpaired) electrons. The molecule has 11 heteroatoms. The second-order valence-electron chi connectivity index (χ2n) is 8.12. The van der Waals surface area contributed by atoms with Crippen LogP contribution >= 0.6 is 0 Å². The first-order valence-electron chi connectivity index (χ1n) is 11.0. The molecule has 0 aromatic heterocycles. The third-order valence-electron chi connectivity index (χ3n) is 5.73. The van der Waals surface area contributed by atoms with Crippen LogP contribution < -0.4 is 15.4 Å². The van der Waals surface area contributed by atoms with Gasteiger partial charge in [0.05, 0.1) is 5.56 Å². The van der Waals surface area contributed by atoms with E-state index in [1.165, 1.54) is 24.3 Å². The number of nitrogens with one attached hydrogen (secondary N) is 2. The van der Waals surface area contributed by atoms with Gasteiger partial charge in [0.15, 0.2) is 17.8 Å². The van der Waals surface area contributed by atoms with E-state index < -0.39 is 53.3 Å². The minimum atomic E-state index is -5.33. The van der Waals surface area contributed by atoms with Gasteiger partial charge in [-0.3, -0.25) is 14.4 Å². The maximum absolute atomic E-state index is 13.1. The van der Waals surface area contributed by atoms with Crippen molar-refractivity contribution in [3.05, 3.63) is 58.7 Å². The number of hydrogen-bond acceptors (Lipinski definition) is 8. The number of carbonyl (C=O) groups is 4. The zero-order valence-electron chi connectivity index (χ0n) is 18.5. The lowest BCUT2D eigenvalue weighted by Crippen LogP contribution is -2.37. The van der Waals surface area contributed by atoms with Crippen LogP contribution in [0.25, 0.3) is 0 Å². The maximum Gasteiger partial charge on any atom is 0.491 e. The Labute approximate surface area is 197 Å². The average molecular weight is 490 g/mol. The van der Waals surface area contributed by atoms with Crippen LogP contribution in [-0.2, 0) is 14.3 Å². The zero-order chi connectivity index (χ0) is 25.3. The number of halogens is 3. The molecule has 35 heavy (non-hydrogen) atoms. The van der Waals surface area contributed by atoms with Gasteiger partial charge < -0.3 is 20.1 Å². The highest BCUT2D eigenvalue weighted by molar-refractivity contribution is 6.29. The molecular weight excluding hydrogens is 469 g/mol. The Morgan fingerprint density at radius 2 is 1.80 bits per heavy atom. The predicted octanol–water partition coefficient (Wildman–Crippen LogP) is 3.37. The summed E-state index contributed by atoms with van der Waals surface area (Å²) < 4.78 is 48.8. The summed E-state index contributed by atoms with van der Waals surface area (Å²) in [6, 6.07) is 7.65. The number of alkyl halides is 3. The van der Waals surface area contributed by atoms with Crippen molar-refractivity contribution in [3.8, 4) is 5.75 Å². The van der Waals surface area contributed by atoms with Crippen LogP contribution in [-0.4, -0.2) is 48.5 Å². The molecule has 2 N–H and O–H groups in total. The standard InChI is InChI=1S/C24H21F3N2O6/c1-2-18(35-22(32)16-8-5-9-28-16)29-12-10-15-19(17(11-12)34-23(33)24(25,26)27)21(31)14-7-4-3-6-13(14)20(15)30/h3-4,6-7,10-11,16,18,28-29H,2,5,8-9H2,1H3/t16-,18?/m0/s1. The smallest absolute Gasteiger partial charge is 0.441 e. The van der Waals surface area contributed by atoms with Crippen LogP contribution in [0.1, 0.15) is 58.0 Å². The Morgan fingerprint density at radius 3 is 2.40 bits per heavy atom. The van der Waals surface area contributed by atoms with Crippen molar-refractivity contribution >= 4 is 29.2 Å². The van der Waals surface area contributed by atoms with Crippen molar-refractivity contribution in [3.63, 3.8) is 0 Å². The van der Waals surface area contributed by atoms with Crippen LogP contribution in [0.4, 0.5) is 18.9 Å². The summed E-state index contributed by atoms with van der Waals surface area (Å²) in [7, 11) is 0. The second kappa shape index (κ2) is 9.49. The summed E-state index contributed by atoms with van der Waals surface area (Å²) in [6.45, 7) is 2.39. The largest absolute Gasteiger partial charge is 0.491 e. The Hall–Kier alpha value is -3.73. The molecule has 1 aliphatic carbocycles. The molecule has 8 nitrogen and oxygen atoms in total. The molecule has 184 valence electrons. The molecule has 1 heterocycles. The third kappa shape index (κ3) is 4.90. The van der Waals surface area contributed by atoms with Crippen LogP contribution in [0.5, 0.6) is 5.75 Å². The molecule has 4 rings (SSSR count). The van der Waals surface area contributed by atoms with Crippen LogP contribution in [0, 0.1) is 0 Å². The normalized spacial score (nSPS) is 17.9. The van der Waals surface area contributed by atoms with E-state index in [0.717, 1.165) is 12.5 Å². The quantitative estimate of drug-likeness (QED) is 0.308. The molecule has 2 aliphatic rings. The number of anilines is 1. The summed E-state index contributed by atoms with van der Waals surface area (Å²) in [5, 5.41) is 5.85. The molecule has 1 saturated heterocycles. The molecule has 0 bridgehead atoms. The summed E-state index contributed by atoms with van der Waals surface area (Å²) in [6.07, 6.45) is -4.51. The summed E-state index contributed by atoms with van der Waals surface area (Å²) in [4.78, 5) is 50.1. The summed E-state index contributed by atoms with van der Waals surface area (Å²) >= 11 is 0. The van der Waals surface area contributed by atoms with Crippen molar-refractivity contribution in [2.75, 3.05) is 11.9 Å². The van der Waals surface area contributed by atoms with E-state index in [9.17, 15) is 32.3 Å².